The number of phosphoric ester groups is 3. The normalized spacial score (nSPS) is 21.8. The van der Waals surface area contributed by atoms with Gasteiger partial charge in [-0.1, -0.05) is 139 Å². The number of rotatable bonds is 41. The van der Waals surface area contributed by atoms with Gasteiger partial charge in [-0.15, -0.1) is 0 Å². The highest BCUT2D eigenvalue weighted by molar-refractivity contribution is 7.47. The summed E-state index contributed by atoms with van der Waals surface area (Å²) in [7, 11) is -16.6. The Bertz CT molecular complexity index is 1670. The largest absolute Gasteiger partial charge is 0.472 e. The molecule has 1 aliphatic rings. The van der Waals surface area contributed by atoms with Crippen LogP contribution in [0.2, 0.25) is 0 Å². The molecule has 1 aliphatic carbocycles. The molecule has 0 aliphatic heterocycles. The lowest BCUT2D eigenvalue weighted by molar-refractivity contribution is -0.213. The molecule has 0 aromatic carbocycles. The third kappa shape index (κ3) is 34.8. The van der Waals surface area contributed by atoms with Crippen molar-refractivity contribution in [3.8, 4) is 0 Å². The molecule has 22 heteroatoms. The molecule has 1 saturated carbocycles. The zero-order valence-electron chi connectivity index (χ0n) is 40.6. The number of carbonyl (C=O) groups is 2. The third-order valence-corrected chi connectivity index (χ3v) is 12.8. The molecule has 1 fully saturated rings. The Labute approximate surface area is 409 Å². The molecular formula is C47H83O19P3. The average molecular weight is 1050 g/mol. The second kappa shape index (κ2) is 38.5. The van der Waals surface area contributed by atoms with Crippen molar-refractivity contribution in [1.29, 1.82) is 0 Å². The number of hydrogen-bond acceptors (Lipinski definition) is 14. The predicted molar refractivity (Wildman–Crippen MR) is 261 cm³/mol. The SMILES string of the molecule is CCCCC/C=C\C/C=C\CCCCCCCC(=O)OC[C@H](COP(=O)(O)O[C@H]1C(O)C(O)C(OP(=O)(O)O)[C@@H](OP(=O)(O)O)C1O)OC(=O)CCC/C=C\C/C=C\C/C=C\CCCCCCCC. The van der Waals surface area contributed by atoms with Crippen LogP contribution in [0.3, 0.4) is 0 Å². The summed E-state index contributed by atoms with van der Waals surface area (Å²) in [5, 5.41) is 31.9. The monoisotopic (exact) mass is 1040 g/mol. The number of hydrogen-bond donors (Lipinski definition) is 8. The van der Waals surface area contributed by atoms with Crippen molar-refractivity contribution in [2.45, 2.75) is 211 Å². The first-order chi connectivity index (χ1) is 32.8. The van der Waals surface area contributed by atoms with Gasteiger partial charge < -0.3 is 49.3 Å². The van der Waals surface area contributed by atoms with Crippen LogP contribution in [0.5, 0.6) is 0 Å². The molecule has 0 aromatic rings. The Morgan fingerprint density at radius 2 is 0.855 bits per heavy atom. The van der Waals surface area contributed by atoms with E-state index >= 15 is 0 Å². The molecule has 69 heavy (non-hydrogen) atoms. The van der Waals surface area contributed by atoms with Gasteiger partial charge >= 0.3 is 35.4 Å². The van der Waals surface area contributed by atoms with E-state index in [1.165, 1.54) is 57.8 Å². The highest BCUT2D eigenvalue weighted by atomic mass is 31.2. The van der Waals surface area contributed by atoms with Crippen LogP contribution >= 0.6 is 23.5 Å². The number of phosphoric acid groups is 3. The quantitative estimate of drug-likeness (QED) is 0.0122. The number of allylic oxidation sites excluding steroid dienone is 10. The summed E-state index contributed by atoms with van der Waals surface area (Å²) >= 11 is 0. The number of esters is 2. The summed E-state index contributed by atoms with van der Waals surface area (Å²) in [5.41, 5.74) is 0. The molecule has 0 aromatic heterocycles. The van der Waals surface area contributed by atoms with Gasteiger partial charge in [-0.3, -0.25) is 27.7 Å². The first-order valence-electron chi connectivity index (χ1n) is 24.6. The maximum absolute atomic E-state index is 13.1. The summed E-state index contributed by atoms with van der Waals surface area (Å²) < 4.78 is 65.4. The third-order valence-electron chi connectivity index (χ3n) is 10.8. The number of unbranched alkanes of at least 4 members (excludes halogenated alkanes) is 15. The van der Waals surface area contributed by atoms with Crippen molar-refractivity contribution in [1.82, 2.24) is 0 Å². The lowest BCUT2D eigenvalue weighted by Crippen LogP contribution is -2.65. The van der Waals surface area contributed by atoms with E-state index < -0.39 is 91.3 Å². The molecule has 5 unspecified atom stereocenters. The zero-order chi connectivity index (χ0) is 51.4. The number of ether oxygens (including phenoxy) is 2. The van der Waals surface area contributed by atoms with Crippen LogP contribution < -0.4 is 0 Å². The Balaban J connectivity index is 2.77. The summed E-state index contributed by atoms with van der Waals surface area (Å²) in [5.74, 6) is -1.38. The van der Waals surface area contributed by atoms with Crippen molar-refractivity contribution in [3.63, 3.8) is 0 Å². The Morgan fingerprint density at radius 1 is 0.464 bits per heavy atom. The molecule has 400 valence electrons. The van der Waals surface area contributed by atoms with Crippen molar-refractivity contribution in [3.05, 3.63) is 60.8 Å². The van der Waals surface area contributed by atoms with Crippen molar-refractivity contribution in [2.24, 2.45) is 0 Å². The van der Waals surface area contributed by atoms with Crippen LogP contribution in [0, 0.1) is 0 Å². The summed E-state index contributed by atoms with van der Waals surface area (Å²) in [6.07, 6.45) is 26.7. The fraction of sp³-hybridized carbons (Fsp3) is 0.745. The van der Waals surface area contributed by atoms with Crippen LogP contribution in [0.25, 0.3) is 0 Å². The van der Waals surface area contributed by atoms with Gasteiger partial charge in [0.25, 0.3) is 0 Å². The van der Waals surface area contributed by atoms with Crippen molar-refractivity contribution < 1.29 is 90.6 Å². The summed E-state index contributed by atoms with van der Waals surface area (Å²) in [6, 6.07) is 0. The molecule has 0 amide bonds. The number of carbonyl (C=O) groups excluding carboxylic acids is 2. The van der Waals surface area contributed by atoms with E-state index in [9.17, 15) is 63.1 Å². The van der Waals surface area contributed by atoms with Gasteiger partial charge in [0.2, 0.25) is 0 Å². The van der Waals surface area contributed by atoms with Crippen LogP contribution in [-0.4, -0.2) is 108 Å². The predicted octanol–water partition coefficient (Wildman–Crippen LogP) is 9.18. The first-order valence-corrected chi connectivity index (χ1v) is 29.1. The first kappa shape index (κ1) is 64.9. The van der Waals surface area contributed by atoms with Crippen molar-refractivity contribution >= 4 is 35.4 Å². The minimum Gasteiger partial charge on any atom is -0.462 e. The van der Waals surface area contributed by atoms with Crippen LogP contribution in [0.1, 0.15) is 168 Å². The Hall–Kier alpha value is -2.15. The Kier molecular flexibility index (Phi) is 36.2. The van der Waals surface area contributed by atoms with Gasteiger partial charge in [0.05, 0.1) is 6.61 Å². The van der Waals surface area contributed by atoms with Crippen LogP contribution in [0.4, 0.5) is 0 Å². The minimum absolute atomic E-state index is 0.0510. The maximum atomic E-state index is 13.1. The fourth-order valence-electron chi connectivity index (χ4n) is 7.10. The topological polar surface area (TPSA) is 303 Å². The van der Waals surface area contributed by atoms with E-state index in [0.29, 0.717) is 25.7 Å². The summed E-state index contributed by atoms with van der Waals surface area (Å²) in [4.78, 5) is 73.2. The van der Waals surface area contributed by atoms with E-state index in [2.05, 4.69) is 71.5 Å². The average Bonchev–Trinajstić information content (AvgIpc) is 3.28. The zero-order valence-corrected chi connectivity index (χ0v) is 43.3. The molecule has 0 spiro atoms. The van der Waals surface area contributed by atoms with Gasteiger partial charge in [-0.05, 0) is 77.0 Å². The second-order valence-electron chi connectivity index (χ2n) is 17.0. The van der Waals surface area contributed by atoms with E-state index in [1.54, 1.807) is 0 Å². The standard InChI is InChI=1S/C47H83O19P3/c1-3-5-7-9-11-13-15-17-19-20-22-24-26-28-30-32-34-36-41(49)63-39(37-61-40(48)35-33-31-29-27-25-23-21-18-16-14-12-10-8-6-4-2)38-62-69(59,60)66-45-42(50)43(51)46(64-67(53,54)55)47(44(45)52)65-68(56,57)58/h12,14,17-19,21-22,24,28,30,39,42-47,50-52H,3-11,13,15-16,20,23,25-27,29,31-38H2,1-2H3,(H,59,60)(H2,53,54,55)(H2,56,57,58)/b14-12-,19-17-,21-18-,24-22-,30-28-/t39-,42?,43?,44?,45+,46?,47+/m1/s1. The smallest absolute Gasteiger partial charge is 0.462 e. The molecule has 8 N–H and O–H groups in total. The molecule has 0 heterocycles. The summed E-state index contributed by atoms with van der Waals surface area (Å²) in [6.45, 7) is 2.86. The fourth-order valence-corrected chi connectivity index (χ4v) is 9.19. The molecule has 19 nitrogen and oxygen atoms in total. The van der Waals surface area contributed by atoms with E-state index in [1.807, 2.05) is 12.2 Å². The van der Waals surface area contributed by atoms with Gasteiger partial charge in [-0.2, -0.15) is 0 Å². The van der Waals surface area contributed by atoms with Crippen LogP contribution in [-0.2, 0) is 50.9 Å². The second-order valence-corrected chi connectivity index (χ2v) is 20.8. The molecule has 1 rings (SSSR count). The molecular weight excluding hydrogens is 961 g/mol. The van der Waals surface area contributed by atoms with Gasteiger partial charge in [0.1, 0.15) is 43.2 Å². The Morgan fingerprint density at radius 3 is 1.36 bits per heavy atom. The van der Waals surface area contributed by atoms with Gasteiger partial charge in [0, 0.05) is 12.8 Å². The number of aliphatic hydroxyl groups is 3. The lowest BCUT2D eigenvalue weighted by atomic mass is 9.85. The van der Waals surface area contributed by atoms with Gasteiger partial charge in [0.15, 0.2) is 6.10 Å². The van der Waals surface area contributed by atoms with Gasteiger partial charge in [-0.25, -0.2) is 13.7 Å². The highest BCUT2D eigenvalue weighted by Crippen LogP contribution is 2.51. The molecule has 8 atom stereocenters. The molecule has 0 saturated heterocycles. The number of aliphatic hydroxyl groups excluding tert-OH is 3. The highest BCUT2D eigenvalue weighted by Gasteiger charge is 2.56. The molecule has 0 bridgehead atoms. The lowest BCUT2D eigenvalue weighted by Gasteiger charge is -2.44. The maximum Gasteiger partial charge on any atom is 0.472 e. The van der Waals surface area contributed by atoms with Crippen LogP contribution in [0.15, 0.2) is 60.8 Å². The van der Waals surface area contributed by atoms with Crippen molar-refractivity contribution in [2.75, 3.05) is 13.2 Å². The van der Waals surface area contributed by atoms with E-state index in [0.717, 1.165) is 57.8 Å². The van der Waals surface area contributed by atoms with E-state index in [4.69, 9.17) is 18.5 Å². The minimum atomic E-state index is -5.61. The molecule has 0 radical (unpaired) electrons. The van der Waals surface area contributed by atoms with E-state index in [-0.39, 0.29) is 12.8 Å².